The number of nitrogens with one attached hydrogen (secondary N) is 2. The predicted octanol–water partition coefficient (Wildman–Crippen LogP) is 3.40. The molecule has 0 aromatic heterocycles. The second kappa shape index (κ2) is 9.21. The fourth-order valence-electron chi connectivity index (χ4n) is 3.07. The minimum Gasteiger partial charge on any atom is -0.463 e. The standard InChI is InChI=1S/C20H16ClF3N2O5S/c1-2-31-19(27)17-16(9-32(29,30)11-4-6-13(22)12(21)8-11)25-20(28)26-18(17)10-3-5-14(23)15(24)7-10/h3-8,18H,2,9H2,1H3,(H2,25,26,28)/t18-/m1/s1. The highest BCUT2D eigenvalue weighted by molar-refractivity contribution is 7.91. The monoisotopic (exact) mass is 488 g/mol. The Balaban J connectivity index is 2.12. The van der Waals surface area contributed by atoms with Crippen LogP contribution in [0.5, 0.6) is 0 Å². The zero-order valence-electron chi connectivity index (χ0n) is 16.4. The van der Waals surface area contributed by atoms with Crippen LogP contribution in [0.2, 0.25) is 5.02 Å². The van der Waals surface area contributed by atoms with Gasteiger partial charge in [-0.25, -0.2) is 31.2 Å². The maximum absolute atomic E-state index is 13.8. The largest absolute Gasteiger partial charge is 0.463 e. The number of sulfone groups is 1. The first-order valence-electron chi connectivity index (χ1n) is 9.14. The summed E-state index contributed by atoms with van der Waals surface area (Å²) in [6.07, 6.45) is 0. The molecule has 0 fully saturated rings. The smallest absolute Gasteiger partial charge is 0.338 e. The van der Waals surface area contributed by atoms with Gasteiger partial charge in [0.15, 0.2) is 21.5 Å². The van der Waals surface area contributed by atoms with Crippen molar-refractivity contribution in [3.63, 3.8) is 0 Å². The van der Waals surface area contributed by atoms with Crippen molar-refractivity contribution in [2.24, 2.45) is 0 Å². The first-order valence-corrected chi connectivity index (χ1v) is 11.2. The molecular formula is C20H16ClF3N2O5S. The van der Waals surface area contributed by atoms with E-state index in [1.807, 2.05) is 0 Å². The number of carbonyl (C=O) groups excluding carboxylic acids is 2. The number of halogens is 4. The van der Waals surface area contributed by atoms with E-state index in [9.17, 15) is 31.2 Å². The SMILES string of the molecule is CCOC(=O)C1=C(CS(=O)(=O)c2ccc(F)c(Cl)c2)NC(=O)N[C@@H]1c1ccc(F)c(F)c1. The van der Waals surface area contributed by atoms with Crippen molar-refractivity contribution in [2.75, 3.05) is 12.4 Å². The Bertz CT molecular complexity index is 1230. The molecule has 2 aromatic carbocycles. The normalized spacial score (nSPS) is 16.4. The van der Waals surface area contributed by atoms with E-state index in [0.29, 0.717) is 0 Å². The summed E-state index contributed by atoms with van der Waals surface area (Å²) in [5, 5.41) is 4.20. The van der Waals surface area contributed by atoms with Gasteiger partial charge in [0, 0.05) is 5.70 Å². The predicted molar refractivity (Wildman–Crippen MR) is 108 cm³/mol. The van der Waals surface area contributed by atoms with E-state index in [1.54, 1.807) is 0 Å². The van der Waals surface area contributed by atoms with Crippen molar-refractivity contribution in [3.8, 4) is 0 Å². The number of carbonyl (C=O) groups is 2. The first-order chi connectivity index (χ1) is 15.0. The molecule has 0 spiro atoms. The molecule has 1 aliphatic rings. The Hall–Kier alpha value is -3.05. The van der Waals surface area contributed by atoms with Crippen molar-refractivity contribution >= 4 is 33.4 Å². The molecule has 2 N–H and O–H groups in total. The minimum atomic E-state index is -4.22. The van der Waals surface area contributed by atoms with Gasteiger partial charge in [-0.15, -0.1) is 0 Å². The van der Waals surface area contributed by atoms with Crippen molar-refractivity contribution in [2.45, 2.75) is 17.9 Å². The van der Waals surface area contributed by atoms with E-state index in [4.69, 9.17) is 16.3 Å². The second-order valence-electron chi connectivity index (χ2n) is 6.65. The van der Waals surface area contributed by atoms with Gasteiger partial charge in [0.05, 0.1) is 33.9 Å². The van der Waals surface area contributed by atoms with Crippen molar-refractivity contribution < 1.29 is 35.9 Å². The summed E-state index contributed by atoms with van der Waals surface area (Å²) in [5.74, 6) is -5.06. The molecule has 1 aliphatic heterocycles. The molecule has 3 rings (SSSR count). The maximum Gasteiger partial charge on any atom is 0.338 e. The summed E-state index contributed by atoms with van der Waals surface area (Å²) >= 11 is 5.67. The molecule has 12 heteroatoms. The number of rotatable bonds is 6. The average Bonchev–Trinajstić information content (AvgIpc) is 2.71. The number of urea groups is 1. The highest BCUT2D eigenvalue weighted by Crippen LogP contribution is 2.30. The van der Waals surface area contributed by atoms with Gasteiger partial charge in [-0.1, -0.05) is 17.7 Å². The summed E-state index contributed by atoms with van der Waals surface area (Å²) in [6, 6.07) is 3.26. The van der Waals surface area contributed by atoms with E-state index in [-0.39, 0.29) is 28.3 Å². The van der Waals surface area contributed by atoms with Crippen LogP contribution in [0, 0.1) is 17.5 Å². The Kier molecular flexibility index (Phi) is 6.79. The minimum absolute atomic E-state index is 0.0125. The molecule has 0 aliphatic carbocycles. The lowest BCUT2D eigenvalue weighted by Crippen LogP contribution is -2.47. The maximum atomic E-state index is 13.8. The molecule has 0 saturated heterocycles. The summed E-state index contributed by atoms with van der Waals surface area (Å²) < 4.78 is 71.4. The third kappa shape index (κ3) is 4.89. The van der Waals surface area contributed by atoms with Gasteiger partial charge in [0.1, 0.15) is 5.82 Å². The van der Waals surface area contributed by atoms with Gasteiger partial charge in [0.2, 0.25) is 0 Å². The van der Waals surface area contributed by atoms with Crippen LogP contribution < -0.4 is 10.6 Å². The van der Waals surface area contributed by atoms with Crippen LogP contribution in [0.4, 0.5) is 18.0 Å². The first kappa shape index (κ1) is 23.6. The Morgan fingerprint density at radius 2 is 1.78 bits per heavy atom. The van der Waals surface area contributed by atoms with Gasteiger partial charge < -0.3 is 15.4 Å². The second-order valence-corrected chi connectivity index (χ2v) is 9.05. The molecule has 7 nitrogen and oxygen atoms in total. The lowest BCUT2D eigenvalue weighted by molar-refractivity contribution is -0.139. The van der Waals surface area contributed by atoms with Crippen molar-refractivity contribution in [3.05, 3.63) is 75.7 Å². The molecule has 0 unspecified atom stereocenters. The summed E-state index contributed by atoms with van der Waals surface area (Å²) in [5.41, 5.74) is -0.654. The zero-order valence-corrected chi connectivity index (χ0v) is 18.0. The van der Waals surface area contributed by atoms with Gasteiger partial charge in [0.25, 0.3) is 0 Å². The van der Waals surface area contributed by atoms with Gasteiger partial charge in [-0.2, -0.15) is 0 Å². The fourth-order valence-corrected chi connectivity index (χ4v) is 4.66. The quantitative estimate of drug-likeness (QED) is 0.479. The third-order valence-corrected chi connectivity index (χ3v) is 6.44. The number of esters is 1. The zero-order chi connectivity index (χ0) is 23.6. The fraction of sp³-hybridized carbons (Fsp3) is 0.200. The van der Waals surface area contributed by atoms with E-state index in [2.05, 4.69) is 10.6 Å². The van der Waals surface area contributed by atoms with Crippen molar-refractivity contribution in [1.29, 1.82) is 0 Å². The lowest BCUT2D eigenvalue weighted by Gasteiger charge is -2.29. The van der Waals surface area contributed by atoms with Crippen LogP contribution in [0.3, 0.4) is 0 Å². The highest BCUT2D eigenvalue weighted by Gasteiger charge is 2.36. The molecular weight excluding hydrogens is 473 g/mol. The van der Waals surface area contributed by atoms with Gasteiger partial charge in [-0.05, 0) is 42.8 Å². The van der Waals surface area contributed by atoms with E-state index < -0.39 is 56.1 Å². The topological polar surface area (TPSA) is 102 Å². The van der Waals surface area contributed by atoms with E-state index >= 15 is 0 Å². The van der Waals surface area contributed by atoms with Crippen LogP contribution >= 0.6 is 11.6 Å². The molecule has 1 atom stereocenters. The third-order valence-electron chi connectivity index (χ3n) is 4.51. The van der Waals surface area contributed by atoms with Crippen molar-refractivity contribution in [1.82, 2.24) is 10.6 Å². The number of benzene rings is 2. The number of ether oxygens (including phenoxy) is 1. The Morgan fingerprint density at radius 1 is 1.09 bits per heavy atom. The van der Waals surface area contributed by atoms with Crippen LogP contribution in [0.1, 0.15) is 18.5 Å². The molecule has 32 heavy (non-hydrogen) atoms. The molecule has 1 heterocycles. The Morgan fingerprint density at radius 3 is 2.41 bits per heavy atom. The number of hydrogen-bond donors (Lipinski definition) is 2. The highest BCUT2D eigenvalue weighted by atomic mass is 35.5. The van der Waals surface area contributed by atoms with E-state index in [0.717, 1.165) is 36.4 Å². The van der Waals surface area contributed by atoms with Crippen LogP contribution in [0.25, 0.3) is 0 Å². The van der Waals surface area contributed by atoms with Crippen LogP contribution in [-0.4, -0.2) is 32.8 Å². The molecule has 2 aromatic rings. The molecule has 0 radical (unpaired) electrons. The lowest BCUT2D eigenvalue weighted by atomic mass is 9.95. The summed E-state index contributed by atoms with van der Waals surface area (Å²) in [6.45, 7) is 1.44. The Labute approximate surface area is 186 Å². The summed E-state index contributed by atoms with van der Waals surface area (Å²) in [4.78, 5) is 24.5. The molecule has 2 amide bonds. The molecule has 0 saturated carbocycles. The number of hydrogen-bond acceptors (Lipinski definition) is 5. The average molecular weight is 489 g/mol. The number of amides is 2. The van der Waals surface area contributed by atoms with Crippen LogP contribution in [-0.2, 0) is 19.4 Å². The molecule has 0 bridgehead atoms. The van der Waals surface area contributed by atoms with Gasteiger partial charge in [-0.3, -0.25) is 0 Å². The molecule has 170 valence electrons. The van der Waals surface area contributed by atoms with Gasteiger partial charge >= 0.3 is 12.0 Å². The van der Waals surface area contributed by atoms with E-state index in [1.165, 1.54) is 6.92 Å². The summed E-state index contributed by atoms with van der Waals surface area (Å²) in [7, 11) is -4.22. The van der Waals surface area contributed by atoms with Crippen LogP contribution in [0.15, 0.2) is 52.6 Å².